The van der Waals surface area contributed by atoms with Crippen LogP contribution in [0.25, 0.3) is 0 Å². The van der Waals surface area contributed by atoms with Gasteiger partial charge in [0, 0.05) is 21.3 Å². The standard InChI is InChI=1S/C15H14Cl2N2O/c1-9(13-4-2-3-5-14(13)17)19-15(20)10-6-11(16)8-12(18)7-10/h2-9H,18H2,1H3,(H,19,20)/t9-/m1/s1. The molecule has 0 aromatic heterocycles. The topological polar surface area (TPSA) is 55.1 Å². The zero-order valence-electron chi connectivity index (χ0n) is 10.9. The zero-order valence-corrected chi connectivity index (χ0v) is 12.4. The van der Waals surface area contributed by atoms with Gasteiger partial charge in [-0.05, 0) is 36.8 Å². The minimum absolute atomic E-state index is 0.212. The van der Waals surface area contributed by atoms with Gasteiger partial charge in [0.15, 0.2) is 0 Å². The fourth-order valence-electron chi connectivity index (χ4n) is 1.93. The van der Waals surface area contributed by atoms with E-state index in [0.717, 1.165) is 5.56 Å². The maximum absolute atomic E-state index is 12.2. The van der Waals surface area contributed by atoms with E-state index in [2.05, 4.69) is 5.32 Å². The fraction of sp³-hybridized carbons (Fsp3) is 0.133. The molecule has 1 amide bonds. The van der Waals surface area contributed by atoms with Crippen molar-refractivity contribution in [3.8, 4) is 0 Å². The van der Waals surface area contributed by atoms with Crippen molar-refractivity contribution in [3.05, 3.63) is 63.6 Å². The van der Waals surface area contributed by atoms with Gasteiger partial charge in [0.05, 0.1) is 6.04 Å². The molecule has 2 aromatic rings. The summed E-state index contributed by atoms with van der Waals surface area (Å²) in [5.74, 6) is -0.244. The van der Waals surface area contributed by atoms with Crippen LogP contribution in [0.4, 0.5) is 5.69 Å². The number of benzene rings is 2. The molecule has 0 saturated heterocycles. The first-order chi connectivity index (χ1) is 9.47. The van der Waals surface area contributed by atoms with Gasteiger partial charge in [0.1, 0.15) is 0 Å². The van der Waals surface area contributed by atoms with Crippen molar-refractivity contribution in [2.24, 2.45) is 0 Å². The molecule has 0 bridgehead atoms. The number of hydrogen-bond acceptors (Lipinski definition) is 2. The Bertz CT molecular complexity index is 623. The van der Waals surface area contributed by atoms with Crippen LogP contribution >= 0.6 is 23.2 Å². The van der Waals surface area contributed by atoms with Crippen LogP contribution in [0.15, 0.2) is 42.5 Å². The number of rotatable bonds is 3. The Morgan fingerprint density at radius 2 is 1.90 bits per heavy atom. The van der Waals surface area contributed by atoms with Crippen molar-refractivity contribution in [1.82, 2.24) is 5.32 Å². The minimum Gasteiger partial charge on any atom is -0.399 e. The van der Waals surface area contributed by atoms with E-state index in [0.29, 0.717) is 21.3 Å². The van der Waals surface area contributed by atoms with Crippen LogP contribution in [-0.2, 0) is 0 Å². The molecule has 104 valence electrons. The second kappa shape index (κ2) is 6.16. The summed E-state index contributed by atoms with van der Waals surface area (Å²) in [6, 6.07) is 11.9. The van der Waals surface area contributed by atoms with E-state index in [-0.39, 0.29) is 11.9 Å². The smallest absolute Gasteiger partial charge is 0.251 e. The maximum Gasteiger partial charge on any atom is 0.251 e. The summed E-state index contributed by atoms with van der Waals surface area (Å²) in [5.41, 5.74) is 7.41. The average molecular weight is 309 g/mol. The summed E-state index contributed by atoms with van der Waals surface area (Å²) in [6.07, 6.45) is 0. The molecular formula is C15H14Cl2N2O. The van der Waals surface area contributed by atoms with Crippen molar-refractivity contribution in [3.63, 3.8) is 0 Å². The Kier molecular flexibility index (Phi) is 4.53. The van der Waals surface area contributed by atoms with Gasteiger partial charge in [-0.15, -0.1) is 0 Å². The van der Waals surface area contributed by atoms with Crippen molar-refractivity contribution in [2.45, 2.75) is 13.0 Å². The van der Waals surface area contributed by atoms with Crippen LogP contribution in [-0.4, -0.2) is 5.91 Å². The Morgan fingerprint density at radius 3 is 2.55 bits per heavy atom. The monoisotopic (exact) mass is 308 g/mol. The third-order valence-electron chi connectivity index (χ3n) is 2.90. The Balaban J connectivity index is 2.17. The van der Waals surface area contributed by atoms with Gasteiger partial charge in [0.2, 0.25) is 0 Å². The summed E-state index contributed by atoms with van der Waals surface area (Å²) in [4.78, 5) is 12.2. The molecule has 0 fully saturated rings. The molecule has 0 aliphatic rings. The largest absolute Gasteiger partial charge is 0.399 e. The lowest BCUT2D eigenvalue weighted by atomic mass is 10.1. The highest BCUT2D eigenvalue weighted by molar-refractivity contribution is 6.31. The highest BCUT2D eigenvalue weighted by Gasteiger charge is 2.14. The van der Waals surface area contributed by atoms with Gasteiger partial charge in [0.25, 0.3) is 5.91 Å². The van der Waals surface area contributed by atoms with Crippen molar-refractivity contribution in [2.75, 3.05) is 5.73 Å². The molecule has 0 saturated carbocycles. The zero-order chi connectivity index (χ0) is 14.7. The van der Waals surface area contributed by atoms with E-state index in [1.54, 1.807) is 24.3 Å². The van der Waals surface area contributed by atoms with Crippen molar-refractivity contribution >= 4 is 34.8 Å². The van der Waals surface area contributed by atoms with Crippen LogP contribution in [0, 0.1) is 0 Å². The highest BCUT2D eigenvalue weighted by Crippen LogP contribution is 2.23. The molecule has 5 heteroatoms. The fourth-order valence-corrected chi connectivity index (χ4v) is 2.47. The van der Waals surface area contributed by atoms with Gasteiger partial charge >= 0.3 is 0 Å². The molecule has 0 aliphatic carbocycles. The van der Waals surface area contributed by atoms with E-state index < -0.39 is 0 Å². The van der Waals surface area contributed by atoms with E-state index in [1.807, 2.05) is 25.1 Å². The molecule has 2 rings (SSSR count). The molecule has 1 atom stereocenters. The highest BCUT2D eigenvalue weighted by atomic mass is 35.5. The number of hydrogen-bond donors (Lipinski definition) is 2. The van der Waals surface area contributed by atoms with Gasteiger partial charge in [-0.1, -0.05) is 41.4 Å². The number of nitrogen functional groups attached to an aromatic ring is 1. The minimum atomic E-state index is -0.244. The molecule has 3 nitrogen and oxygen atoms in total. The van der Waals surface area contributed by atoms with Gasteiger partial charge in [-0.2, -0.15) is 0 Å². The molecule has 3 N–H and O–H groups in total. The second-order valence-electron chi connectivity index (χ2n) is 4.49. The Hall–Kier alpha value is -1.71. The summed E-state index contributed by atoms with van der Waals surface area (Å²) in [5, 5.41) is 3.92. The molecule has 0 heterocycles. The number of nitrogens with one attached hydrogen (secondary N) is 1. The average Bonchev–Trinajstić information content (AvgIpc) is 2.37. The predicted octanol–water partition coefficient (Wildman–Crippen LogP) is 4.07. The van der Waals surface area contributed by atoms with Crippen LogP contribution < -0.4 is 11.1 Å². The number of carbonyl (C=O) groups excluding carboxylic acids is 1. The number of anilines is 1. The first-order valence-corrected chi connectivity index (χ1v) is 6.84. The number of halogens is 2. The first kappa shape index (κ1) is 14.7. The van der Waals surface area contributed by atoms with Crippen LogP contribution in [0.1, 0.15) is 28.9 Å². The lowest BCUT2D eigenvalue weighted by Crippen LogP contribution is -2.26. The van der Waals surface area contributed by atoms with E-state index >= 15 is 0 Å². The van der Waals surface area contributed by atoms with E-state index in [1.165, 1.54) is 0 Å². The molecule has 2 aromatic carbocycles. The maximum atomic E-state index is 12.2. The first-order valence-electron chi connectivity index (χ1n) is 6.08. The SMILES string of the molecule is C[C@@H](NC(=O)c1cc(N)cc(Cl)c1)c1ccccc1Cl. The second-order valence-corrected chi connectivity index (χ2v) is 5.33. The van der Waals surface area contributed by atoms with E-state index in [4.69, 9.17) is 28.9 Å². The third-order valence-corrected chi connectivity index (χ3v) is 3.46. The number of nitrogens with two attached hydrogens (primary N) is 1. The summed E-state index contributed by atoms with van der Waals surface area (Å²) < 4.78 is 0. The van der Waals surface area contributed by atoms with E-state index in [9.17, 15) is 4.79 Å². The molecule has 20 heavy (non-hydrogen) atoms. The Labute approximate surface area is 127 Å². The van der Waals surface area contributed by atoms with Crippen molar-refractivity contribution < 1.29 is 4.79 Å². The summed E-state index contributed by atoms with van der Waals surface area (Å²) in [6.45, 7) is 1.87. The van der Waals surface area contributed by atoms with Crippen LogP contribution in [0.5, 0.6) is 0 Å². The van der Waals surface area contributed by atoms with Gasteiger partial charge < -0.3 is 11.1 Å². The predicted molar refractivity (Wildman–Crippen MR) is 83.2 cm³/mol. The molecule has 0 aliphatic heterocycles. The van der Waals surface area contributed by atoms with Crippen LogP contribution in [0.2, 0.25) is 10.0 Å². The molecular weight excluding hydrogens is 295 g/mol. The molecule has 0 unspecified atom stereocenters. The normalized spacial score (nSPS) is 11.9. The lowest BCUT2D eigenvalue weighted by Gasteiger charge is -2.16. The summed E-state index contributed by atoms with van der Waals surface area (Å²) >= 11 is 12.0. The number of amides is 1. The number of carbonyl (C=O) groups is 1. The Morgan fingerprint density at radius 1 is 1.20 bits per heavy atom. The quantitative estimate of drug-likeness (QED) is 0.840. The third kappa shape index (κ3) is 3.44. The van der Waals surface area contributed by atoms with Gasteiger partial charge in [-0.25, -0.2) is 0 Å². The molecule has 0 radical (unpaired) electrons. The van der Waals surface area contributed by atoms with Gasteiger partial charge in [-0.3, -0.25) is 4.79 Å². The lowest BCUT2D eigenvalue weighted by molar-refractivity contribution is 0.0940. The molecule has 0 spiro atoms. The van der Waals surface area contributed by atoms with Crippen LogP contribution in [0.3, 0.4) is 0 Å². The van der Waals surface area contributed by atoms with Crippen molar-refractivity contribution in [1.29, 1.82) is 0 Å². The summed E-state index contributed by atoms with van der Waals surface area (Å²) in [7, 11) is 0.